The SMILES string of the molecule is CNC(C)Cc1noc(-c2cccc(OCc3cn4ccccc4n3)c2)n1.Cl. The van der Waals surface area contributed by atoms with Gasteiger partial charge in [-0.1, -0.05) is 17.3 Å². The third kappa shape index (κ3) is 4.49. The number of benzene rings is 1. The molecule has 0 aliphatic carbocycles. The number of hydrogen-bond acceptors (Lipinski definition) is 6. The minimum Gasteiger partial charge on any atom is -0.487 e. The molecule has 7 nitrogen and oxygen atoms in total. The number of rotatable bonds is 7. The first-order valence-corrected chi connectivity index (χ1v) is 8.87. The highest BCUT2D eigenvalue weighted by Crippen LogP contribution is 2.23. The number of aromatic nitrogens is 4. The van der Waals surface area contributed by atoms with Crippen molar-refractivity contribution in [2.75, 3.05) is 7.05 Å². The lowest BCUT2D eigenvalue weighted by atomic mass is 10.2. The van der Waals surface area contributed by atoms with E-state index in [-0.39, 0.29) is 18.4 Å². The summed E-state index contributed by atoms with van der Waals surface area (Å²) in [6.45, 7) is 2.46. The van der Waals surface area contributed by atoms with Crippen molar-refractivity contribution in [3.05, 3.63) is 66.4 Å². The summed E-state index contributed by atoms with van der Waals surface area (Å²) in [4.78, 5) is 9.01. The number of ether oxygens (including phenoxy) is 1. The van der Waals surface area contributed by atoms with Gasteiger partial charge >= 0.3 is 0 Å². The molecule has 1 atom stereocenters. The van der Waals surface area contributed by atoms with Gasteiger partial charge in [-0.15, -0.1) is 12.4 Å². The minimum absolute atomic E-state index is 0. The van der Waals surface area contributed by atoms with Crippen LogP contribution in [0.25, 0.3) is 17.1 Å². The predicted octanol–water partition coefficient (Wildman–Crippen LogP) is 3.54. The highest BCUT2D eigenvalue weighted by molar-refractivity contribution is 5.85. The normalized spacial score (nSPS) is 11.9. The van der Waals surface area contributed by atoms with Gasteiger partial charge in [0.1, 0.15) is 18.0 Å². The van der Waals surface area contributed by atoms with Gasteiger partial charge in [0.05, 0.1) is 5.69 Å². The van der Waals surface area contributed by atoms with Crippen LogP contribution in [0, 0.1) is 0 Å². The molecule has 28 heavy (non-hydrogen) atoms. The number of halogens is 1. The van der Waals surface area contributed by atoms with Crippen LogP contribution in [-0.4, -0.2) is 32.6 Å². The highest BCUT2D eigenvalue weighted by Gasteiger charge is 2.12. The zero-order chi connectivity index (χ0) is 18.6. The predicted molar refractivity (Wildman–Crippen MR) is 109 cm³/mol. The third-order valence-corrected chi connectivity index (χ3v) is 4.33. The van der Waals surface area contributed by atoms with Gasteiger partial charge in [0.2, 0.25) is 0 Å². The first kappa shape index (κ1) is 19.9. The van der Waals surface area contributed by atoms with E-state index in [2.05, 4.69) is 27.4 Å². The van der Waals surface area contributed by atoms with E-state index in [1.807, 2.05) is 66.3 Å². The Bertz CT molecular complexity index is 1010. The van der Waals surface area contributed by atoms with E-state index in [0.717, 1.165) is 22.7 Å². The van der Waals surface area contributed by atoms with E-state index < -0.39 is 0 Å². The molecule has 0 fully saturated rings. The van der Waals surface area contributed by atoms with Crippen molar-refractivity contribution in [1.29, 1.82) is 0 Å². The van der Waals surface area contributed by atoms with Gasteiger partial charge in [-0.3, -0.25) is 0 Å². The molecule has 0 aliphatic heterocycles. The topological polar surface area (TPSA) is 77.5 Å². The van der Waals surface area contributed by atoms with Crippen LogP contribution in [0.1, 0.15) is 18.4 Å². The monoisotopic (exact) mass is 399 g/mol. The summed E-state index contributed by atoms with van der Waals surface area (Å²) in [7, 11) is 1.91. The molecule has 0 spiro atoms. The van der Waals surface area contributed by atoms with Crippen LogP contribution in [0.4, 0.5) is 0 Å². The average molecular weight is 400 g/mol. The van der Waals surface area contributed by atoms with E-state index in [0.29, 0.717) is 24.7 Å². The van der Waals surface area contributed by atoms with Crippen molar-refractivity contribution in [1.82, 2.24) is 24.8 Å². The third-order valence-electron chi connectivity index (χ3n) is 4.33. The van der Waals surface area contributed by atoms with Gasteiger partial charge in [0.15, 0.2) is 5.82 Å². The number of fused-ring (bicyclic) bond motifs is 1. The maximum Gasteiger partial charge on any atom is 0.258 e. The molecule has 0 saturated heterocycles. The fourth-order valence-electron chi connectivity index (χ4n) is 2.76. The fraction of sp³-hybridized carbons (Fsp3) is 0.250. The van der Waals surface area contributed by atoms with Crippen molar-refractivity contribution in [2.45, 2.75) is 26.0 Å². The molecular weight excluding hydrogens is 378 g/mol. The van der Waals surface area contributed by atoms with Gasteiger partial charge < -0.3 is 19.0 Å². The van der Waals surface area contributed by atoms with Crippen molar-refractivity contribution >= 4 is 18.1 Å². The van der Waals surface area contributed by atoms with E-state index in [9.17, 15) is 0 Å². The number of pyridine rings is 1. The quantitative estimate of drug-likeness (QED) is 0.512. The van der Waals surface area contributed by atoms with Crippen molar-refractivity contribution in [3.8, 4) is 17.2 Å². The molecule has 4 aromatic rings. The molecule has 146 valence electrons. The molecule has 0 radical (unpaired) electrons. The molecule has 3 heterocycles. The second-order valence-electron chi connectivity index (χ2n) is 6.42. The van der Waals surface area contributed by atoms with Crippen LogP contribution in [0.15, 0.2) is 59.4 Å². The van der Waals surface area contributed by atoms with Crippen LogP contribution in [0.3, 0.4) is 0 Å². The Morgan fingerprint density at radius 2 is 2.07 bits per heavy atom. The van der Waals surface area contributed by atoms with Gasteiger partial charge in [-0.2, -0.15) is 4.98 Å². The molecule has 0 saturated carbocycles. The van der Waals surface area contributed by atoms with Gasteiger partial charge in [0.25, 0.3) is 5.89 Å². The summed E-state index contributed by atoms with van der Waals surface area (Å²) >= 11 is 0. The molecule has 8 heteroatoms. The number of nitrogens with one attached hydrogen (secondary N) is 1. The Morgan fingerprint density at radius 3 is 2.89 bits per heavy atom. The summed E-state index contributed by atoms with van der Waals surface area (Å²) in [5.74, 6) is 1.90. The zero-order valence-electron chi connectivity index (χ0n) is 15.7. The zero-order valence-corrected chi connectivity index (χ0v) is 16.5. The first-order chi connectivity index (χ1) is 13.2. The van der Waals surface area contributed by atoms with Gasteiger partial charge in [0, 0.05) is 30.4 Å². The summed E-state index contributed by atoms with van der Waals surface area (Å²) < 4.78 is 13.3. The molecule has 1 aromatic carbocycles. The number of imidazole rings is 1. The van der Waals surface area contributed by atoms with Crippen LogP contribution in [0.5, 0.6) is 5.75 Å². The molecule has 0 bridgehead atoms. The molecule has 3 aromatic heterocycles. The largest absolute Gasteiger partial charge is 0.487 e. The molecule has 4 rings (SSSR count). The molecule has 1 unspecified atom stereocenters. The second-order valence-corrected chi connectivity index (χ2v) is 6.42. The van der Waals surface area contributed by atoms with Crippen LogP contribution in [0.2, 0.25) is 0 Å². The Kier molecular flexibility index (Phi) is 6.28. The molecular formula is C20H22ClN5O2. The van der Waals surface area contributed by atoms with Crippen molar-refractivity contribution in [2.24, 2.45) is 0 Å². The second kappa shape index (κ2) is 8.86. The van der Waals surface area contributed by atoms with Crippen molar-refractivity contribution < 1.29 is 9.26 Å². The lowest BCUT2D eigenvalue weighted by Gasteiger charge is -2.05. The first-order valence-electron chi connectivity index (χ1n) is 8.87. The summed E-state index contributed by atoms with van der Waals surface area (Å²) in [5, 5.41) is 7.21. The van der Waals surface area contributed by atoms with Crippen LogP contribution < -0.4 is 10.1 Å². The van der Waals surface area contributed by atoms with E-state index in [1.165, 1.54) is 0 Å². The smallest absolute Gasteiger partial charge is 0.258 e. The Morgan fingerprint density at radius 1 is 1.18 bits per heavy atom. The standard InChI is InChI=1S/C20H21N5O2.ClH/c1-14(21-2)10-18-23-20(27-24-18)15-6-5-7-17(11-15)26-13-16-12-25-9-4-3-8-19(25)22-16;/h3-9,11-12,14,21H,10,13H2,1-2H3;1H. The van der Waals surface area contributed by atoms with Crippen LogP contribution >= 0.6 is 12.4 Å². The van der Waals surface area contributed by atoms with Crippen molar-refractivity contribution in [3.63, 3.8) is 0 Å². The average Bonchev–Trinajstić information content (AvgIpc) is 3.33. The summed E-state index contributed by atoms with van der Waals surface area (Å²) in [5.41, 5.74) is 2.60. The Hall–Kier alpha value is -2.90. The van der Waals surface area contributed by atoms with E-state index in [1.54, 1.807) is 0 Å². The number of likely N-dealkylation sites (N-methyl/N-ethyl adjacent to an activating group) is 1. The highest BCUT2D eigenvalue weighted by atomic mass is 35.5. The molecule has 1 N–H and O–H groups in total. The molecule has 0 amide bonds. The summed E-state index contributed by atoms with van der Waals surface area (Å²) in [6.07, 6.45) is 4.64. The van der Waals surface area contributed by atoms with E-state index in [4.69, 9.17) is 9.26 Å². The fourth-order valence-corrected chi connectivity index (χ4v) is 2.76. The number of nitrogens with zero attached hydrogens (tertiary/aromatic N) is 4. The summed E-state index contributed by atoms with van der Waals surface area (Å²) in [6, 6.07) is 13.8. The van der Waals surface area contributed by atoms with Crippen LogP contribution in [-0.2, 0) is 13.0 Å². The van der Waals surface area contributed by atoms with Gasteiger partial charge in [-0.05, 0) is 44.3 Å². The van der Waals surface area contributed by atoms with E-state index >= 15 is 0 Å². The maximum absolute atomic E-state index is 5.90. The number of hydrogen-bond donors (Lipinski definition) is 1. The molecule has 0 aliphatic rings. The maximum atomic E-state index is 5.90. The Labute approximate surface area is 169 Å². The van der Waals surface area contributed by atoms with Gasteiger partial charge in [-0.25, -0.2) is 4.98 Å². The minimum atomic E-state index is 0. The lowest BCUT2D eigenvalue weighted by molar-refractivity contribution is 0.302. The Balaban J connectivity index is 0.00000225. The lowest BCUT2D eigenvalue weighted by Crippen LogP contribution is -2.24.